The number of fused-ring (bicyclic) bond motifs is 2. The number of ether oxygens (including phenoxy) is 5. The minimum Gasteiger partial charge on any atom is -0.493 e. The smallest absolute Gasteiger partial charge is 0.231 e. The lowest BCUT2D eigenvalue weighted by Crippen LogP contribution is -2.34. The second-order valence-electron chi connectivity index (χ2n) is 8.93. The van der Waals surface area contributed by atoms with E-state index in [-0.39, 0.29) is 17.4 Å². The summed E-state index contributed by atoms with van der Waals surface area (Å²) >= 11 is 0. The van der Waals surface area contributed by atoms with Crippen LogP contribution in [0.5, 0.6) is 28.7 Å². The standard InChI is InChI=1S/C29H28FNO6/c1-17-26-20(15-31(16-36-26)12-11-18-5-8-21(30)9-6-18)13-22-25(32)24(37-27(17)22)14-19-7-10-23(33-2)29(35-4)28(19)34-3/h5-10,13-14H,11-12,15-16H2,1-4H3/b24-14-. The molecule has 2 aliphatic heterocycles. The lowest BCUT2D eigenvalue weighted by atomic mass is 9.99. The molecule has 0 unspecified atom stereocenters. The predicted molar refractivity (Wildman–Crippen MR) is 136 cm³/mol. The van der Waals surface area contributed by atoms with Gasteiger partial charge in [0, 0.05) is 29.8 Å². The highest BCUT2D eigenvalue weighted by molar-refractivity contribution is 6.15. The third-order valence-electron chi connectivity index (χ3n) is 6.65. The Morgan fingerprint density at radius 2 is 1.76 bits per heavy atom. The van der Waals surface area contributed by atoms with Gasteiger partial charge in [-0.15, -0.1) is 0 Å². The van der Waals surface area contributed by atoms with Crippen LogP contribution in [0, 0.1) is 12.7 Å². The Kier molecular flexibility index (Phi) is 6.76. The Morgan fingerprint density at radius 1 is 1.00 bits per heavy atom. The molecule has 0 saturated carbocycles. The Bertz CT molecular complexity index is 1380. The SMILES string of the molecule is COc1ccc(/C=C2\Oc3c(cc4c(c3C)OCN(CCc3ccc(F)cc3)C4)C2=O)c(OC)c1OC. The summed E-state index contributed by atoms with van der Waals surface area (Å²) in [5.74, 6) is 2.39. The highest BCUT2D eigenvalue weighted by Gasteiger charge is 2.34. The quantitative estimate of drug-likeness (QED) is 0.411. The molecule has 0 bridgehead atoms. The first-order valence-corrected chi connectivity index (χ1v) is 11.9. The average molecular weight is 506 g/mol. The van der Waals surface area contributed by atoms with Crippen molar-refractivity contribution < 1.29 is 32.9 Å². The molecule has 3 aromatic carbocycles. The van der Waals surface area contributed by atoms with Gasteiger partial charge in [0.05, 0.1) is 26.9 Å². The van der Waals surface area contributed by atoms with Gasteiger partial charge in [0.15, 0.2) is 17.3 Å². The van der Waals surface area contributed by atoms with Gasteiger partial charge in [0.25, 0.3) is 0 Å². The van der Waals surface area contributed by atoms with E-state index >= 15 is 0 Å². The molecule has 192 valence electrons. The van der Waals surface area contributed by atoms with Crippen LogP contribution in [0.3, 0.4) is 0 Å². The highest BCUT2D eigenvalue weighted by Crippen LogP contribution is 2.45. The van der Waals surface area contributed by atoms with Gasteiger partial charge >= 0.3 is 0 Å². The van der Waals surface area contributed by atoms with Gasteiger partial charge in [-0.3, -0.25) is 9.69 Å². The molecule has 0 aromatic heterocycles. The molecular formula is C29H28FNO6. The average Bonchev–Trinajstić information content (AvgIpc) is 3.23. The third kappa shape index (κ3) is 4.60. The molecule has 37 heavy (non-hydrogen) atoms. The fourth-order valence-corrected chi connectivity index (χ4v) is 4.76. The number of nitrogens with zero attached hydrogens (tertiary/aromatic N) is 1. The maximum Gasteiger partial charge on any atom is 0.231 e. The van der Waals surface area contributed by atoms with E-state index in [4.69, 9.17) is 23.7 Å². The van der Waals surface area contributed by atoms with Crippen LogP contribution in [0.1, 0.15) is 32.6 Å². The summed E-state index contributed by atoms with van der Waals surface area (Å²) in [7, 11) is 4.61. The number of methoxy groups -OCH3 is 3. The van der Waals surface area contributed by atoms with Crippen molar-refractivity contribution in [2.75, 3.05) is 34.6 Å². The molecule has 5 rings (SSSR count). The lowest BCUT2D eigenvalue weighted by Gasteiger charge is -2.30. The maximum atomic E-state index is 13.4. The van der Waals surface area contributed by atoms with E-state index in [0.29, 0.717) is 47.4 Å². The van der Waals surface area contributed by atoms with Crippen molar-refractivity contribution in [3.8, 4) is 28.7 Å². The Hall–Kier alpha value is -4.04. The van der Waals surface area contributed by atoms with Crippen LogP contribution in [0.4, 0.5) is 4.39 Å². The minimum atomic E-state index is -0.242. The summed E-state index contributed by atoms with van der Waals surface area (Å²) in [6, 6.07) is 11.9. The van der Waals surface area contributed by atoms with E-state index < -0.39 is 0 Å². The number of allylic oxidation sites excluding steroid dienone is 1. The van der Waals surface area contributed by atoms with E-state index in [2.05, 4.69) is 4.90 Å². The van der Waals surface area contributed by atoms with Crippen molar-refractivity contribution in [2.45, 2.75) is 19.9 Å². The molecule has 0 atom stereocenters. The van der Waals surface area contributed by atoms with Gasteiger partial charge in [-0.1, -0.05) is 12.1 Å². The molecule has 0 radical (unpaired) electrons. The summed E-state index contributed by atoms with van der Waals surface area (Å²) < 4.78 is 41.7. The van der Waals surface area contributed by atoms with Gasteiger partial charge in [0.1, 0.15) is 24.0 Å². The minimum absolute atomic E-state index is 0.194. The molecule has 8 heteroatoms. The van der Waals surface area contributed by atoms with E-state index in [9.17, 15) is 9.18 Å². The molecule has 2 heterocycles. The van der Waals surface area contributed by atoms with E-state index in [0.717, 1.165) is 35.4 Å². The molecule has 2 aliphatic rings. The number of carbonyl (C=O) groups excluding carboxylic acids is 1. The van der Waals surface area contributed by atoms with Crippen molar-refractivity contribution in [1.29, 1.82) is 0 Å². The van der Waals surface area contributed by atoms with Crippen LogP contribution in [0.15, 0.2) is 48.2 Å². The van der Waals surface area contributed by atoms with Crippen molar-refractivity contribution in [3.05, 3.63) is 81.9 Å². The number of hydrogen-bond acceptors (Lipinski definition) is 7. The number of hydrogen-bond donors (Lipinski definition) is 0. The van der Waals surface area contributed by atoms with E-state index in [1.54, 1.807) is 37.5 Å². The molecule has 0 N–H and O–H groups in total. The van der Waals surface area contributed by atoms with Gasteiger partial charge in [-0.2, -0.15) is 0 Å². The van der Waals surface area contributed by atoms with Crippen LogP contribution in [-0.4, -0.2) is 45.3 Å². The first-order valence-electron chi connectivity index (χ1n) is 11.9. The van der Waals surface area contributed by atoms with Crippen LogP contribution < -0.4 is 23.7 Å². The van der Waals surface area contributed by atoms with Crippen molar-refractivity contribution >= 4 is 11.9 Å². The van der Waals surface area contributed by atoms with E-state index in [1.807, 2.05) is 13.0 Å². The largest absolute Gasteiger partial charge is 0.493 e. The fraction of sp³-hybridized carbons (Fsp3) is 0.276. The second-order valence-corrected chi connectivity index (χ2v) is 8.93. The van der Waals surface area contributed by atoms with Gasteiger partial charge < -0.3 is 23.7 Å². The molecule has 0 amide bonds. The second kappa shape index (κ2) is 10.1. The summed E-state index contributed by atoms with van der Waals surface area (Å²) in [6.07, 6.45) is 2.42. The van der Waals surface area contributed by atoms with Crippen LogP contribution in [0.25, 0.3) is 6.08 Å². The Morgan fingerprint density at radius 3 is 2.46 bits per heavy atom. The zero-order valence-corrected chi connectivity index (χ0v) is 21.2. The number of ketones is 1. The first kappa shape index (κ1) is 24.6. The number of carbonyl (C=O) groups is 1. The molecule has 0 aliphatic carbocycles. The van der Waals surface area contributed by atoms with E-state index in [1.165, 1.54) is 26.4 Å². The van der Waals surface area contributed by atoms with Gasteiger partial charge in [-0.05, 0) is 55.3 Å². The van der Waals surface area contributed by atoms with Crippen LogP contribution in [-0.2, 0) is 13.0 Å². The lowest BCUT2D eigenvalue weighted by molar-refractivity contribution is 0.0954. The zero-order valence-electron chi connectivity index (χ0n) is 21.2. The molecule has 0 saturated heterocycles. The predicted octanol–water partition coefficient (Wildman–Crippen LogP) is 5.17. The van der Waals surface area contributed by atoms with Crippen molar-refractivity contribution in [1.82, 2.24) is 4.90 Å². The third-order valence-corrected chi connectivity index (χ3v) is 6.65. The number of halogens is 1. The molecule has 0 spiro atoms. The maximum absolute atomic E-state index is 13.4. The number of Topliss-reactive ketones (excluding diaryl/α,β-unsaturated/α-hetero) is 1. The van der Waals surface area contributed by atoms with Crippen LogP contribution in [0.2, 0.25) is 0 Å². The van der Waals surface area contributed by atoms with Crippen LogP contribution >= 0.6 is 0 Å². The normalized spacial score (nSPS) is 15.6. The fourth-order valence-electron chi connectivity index (χ4n) is 4.76. The first-order chi connectivity index (χ1) is 17.9. The Balaban J connectivity index is 1.39. The zero-order chi connectivity index (χ0) is 26.1. The monoisotopic (exact) mass is 505 g/mol. The molecular weight excluding hydrogens is 477 g/mol. The van der Waals surface area contributed by atoms with Crippen molar-refractivity contribution in [2.24, 2.45) is 0 Å². The van der Waals surface area contributed by atoms with Gasteiger partial charge in [-0.25, -0.2) is 4.39 Å². The number of benzene rings is 3. The van der Waals surface area contributed by atoms with Crippen molar-refractivity contribution in [3.63, 3.8) is 0 Å². The highest BCUT2D eigenvalue weighted by atomic mass is 19.1. The summed E-state index contributed by atoms with van der Waals surface area (Å²) in [6.45, 7) is 3.71. The number of rotatable bonds is 7. The summed E-state index contributed by atoms with van der Waals surface area (Å²) in [4.78, 5) is 15.5. The summed E-state index contributed by atoms with van der Waals surface area (Å²) in [5, 5.41) is 0. The topological polar surface area (TPSA) is 66.5 Å². The van der Waals surface area contributed by atoms with Gasteiger partial charge in [0.2, 0.25) is 11.5 Å². The molecule has 7 nitrogen and oxygen atoms in total. The summed E-state index contributed by atoms with van der Waals surface area (Å²) in [5.41, 5.74) is 3.92. The Labute approximate surface area is 215 Å². The molecule has 3 aromatic rings. The molecule has 0 fully saturated rings.